The first kappa shape index (κ1) is 21.1. The minimum Gasteiger partial charge on any atom is -0.482 e. The largest absolute Gasteiger partial charge is 0.482 e. The van der Waals surface area contributed by atoms with Crippen molar-refractivity contribution in [2.24, 2.45) is 0 Å². The maximum absolute atomic E-state index is 13.0. The van der Waals surface area contributed by atoms with Crippen LogP contribution in [0.2, 0.25) is 5.02 Å². The summed E-state index contributed by atoms with van der Waals surface area (Å²) in [5.41, 5.74) is 1.74. The summed E-state index contributed by atoms with van der Waals surface area (Å²) in [6, 6.07) is 14.9. The number of carbonyl (C=O) groups excluding carboxylic acids is 2. The van der Waals surface area contributed by atoms with Crippen LogP contribution in [0.1, 0.15) is 12.0 Å². The van der Waals surface area contributed by atoms with Gasteiger partial charge in [0.15, 0.2) is 6.61 Å². The van der Waals surface area contributed by atoms with Gasteiger partial charge in [-0.25, -0.2) is 0 Å². The number of carbonyl (C=O) groups is 2. The van der Waals surface area contributed by atoms with Crippen molar-refractivity contribution in [2.75, 3.05) is 45.2 Å². The third-order valence-electron chi connectivity index (χ3n) is 4.81. The molecule has 29 heavy (non-hydrogen) atoms. The van der Waals surface area contributed by atoms with E-state index in [0.717, 1.165) is 12.1 Å². The van der Waals surface area contributed by atoms with Crippen LogP contribution in [-0.2, 0) is 16.1 Å². The number of halogens is 1. The number of hydrogen-bond acceptors (Lipinski definition) is 4. The molecule has 0 atom stereocenters. The number of benzene rings is 2. The number of likely N-dealkylation sites (N-methyl/N-ethyl adjacent to an activating group) is 1. The highest BCUT2D eigenvalue weighted by Gasteiger charge is 2.26. The first-order chi connectivity index (χ1) is 13.9. The number of para-hydroxylation sites is 2. The molecule has 0 saturated carbocycles. The molecule has 0 N–H and O–H groups in total. The molecule has 0 bridgehead atoms. The van der Waals surface area contributed by atoms with E-state index in [1.54, 1.807) is 4.90 Å². The molecule has 2 aromatic carbocycles. The van der Waals surface area contributed by atoms with Crippen molar-refractivity contribution in [1.29, 1.82) is 0 Å². The molecule has 2 amide bonds. The van der Waals surface area contributed by atoms with E-state index in [1.807, 2.05) is 72.4 Å². The fraction of sp³-hybridized carbons (Fsp3) is 0.364. The van der Waals surface area contributed by atoms with E-state index < -0.39 is 0 Å². The molecule has 0 spiro atoms. The van der Waals surface area contributed by atoms with Crippen LogP contribution in [0.25, 0.3) is 0 Å². The second-order valence-corrected chi connectivity index (χ2v) is 7.73. The van der Waals surface area contributed by atoms with Crippen LogP contribution < -0.4 is 9.64 Å². The number of rotatable bonds is 8. The standard InChI is InChI=1S/C22H26ClN3O3/c1-24(2)13-14-25(15-17-7-9-18(23)10-8-17)21(27)11-12-26-19-5-3-4-6-20(19)29-16-22(26)28/h3-10H,11-16H2,1-2H3. The Bertz CT molecular complexity index is 855. The normalized spacial score (nSPS) is 13.2. The molecule has 0 saturated heterocycles. The molecule has 0 aromatic heterocycles. The van der Waals surface area contributed by atoms with Crippen LogP contribution in [0.4, 0.5) is 5.69 Å². The zero-order valence-corrected chi connectivity index (χ0v) is 17.6. The SMILES string of the molecule is CN(C)CCN(Cc1ccc(Cl)cc1)C(=O)CCN1C(=O)COc2ccccc21. The van der Waals surface area contributed by atoms with Crippen molar-refractivity contribution < 1.29 is 14.3 Å². The highest BCUT2D eigenvalue weighted by Crippen LogP contribution is 2.31. The fourth-order valence-electron chi connectivity index (χ4n) is 3.19. The van der Waals surface area contributed by atoms with Gasteiger partial charge in [-0.2, -0.15) is 0 Å². The van der Waals surface area contributed by atoms with Gasteiger partial charge in [-0.1, -0.05) is 35.9 Å². The van der Waals surface area contributed by atoms with Gasteiger partial charge in [0.25, 0.3) is 5.91 Å². The molecule has 0 radical (unpaired) electrons. The van der Waals surface area contributed by atoms with Crippen molar-refractivity contribution in [1.82, 2.24) is 9.80 Å². The van der Waals surface area contributed by atoms with Gasteiger partial charge in [0.2, 0.25) is 5.91 Å². The van der Waals surface area contributed by atoms with Gasteiger partial charge in [-0.3, -0.25) is 9.59 Å². The zero-order chi connectivity index (χ0) is 20.8. The molecule has 1 heterocycles. The highest BCUT2D eigenvalue weighted by molar-refractivity contribution is 6.30. The average Bonchev–Trinajstić information content (AvgIpc) is 2.71. The Morgan fingerprint density at radius 3 is 2.55 bits per heavy atom. The Kier molecular flexibility index (Phi) is 7.12. The number of fused-ring (bicyclic) bond motifs is 1. The average molecular weight is 416 g/mol. The summed E-state index contributed by atoms with van der Waals surface area (Å²) in [6.07, 6.45) is 0.251. The van der Waals surface area contributed by atoms with Crippen LogP contribution in [0, 0.1) is 0 Å². The summed E-state index contributed by atoms with van der Waals surface area (Å²) in [5, 5.41) is 0.671. The van der Waals surface area contributed by atoms with Crippen molar-refractivity contribution in [3.63, 3.8) is 0 Å². The third-order valence-corrected chi connectivity index (χ3v) is 5.07. The maximum atomic E-state index is 13.0. The van der Waals surface area contributed by atoms with Gasteiger partial charge < -0.3 is 19.4 Å². The summed E-state index contributed by atoms with van der Waals surface area (Å²) >= 11 is 5.97. The maximum Gasteiger partial charge on any atom is 0.265 e. The molecule has 1 aliphatic rings. The Labute approximate surface area is 176 Å². The minimum absolute atomic E-state index is 0.000320. The van der Waals surface area contributed by atoms with Gasteiger partial charge in [-0.05, 0) is 43.9 Å². The lowest BCUT2D eigenvalue weighted by atomic mass is 10.2. The van der Waals surface area contributed by atoms with Crippen molar-refractivity contribution >= 4 is 29.1 Å². The molecule has 0 aliphatic carbocycles. The molecule has 0 unspecified atom stereocenters. The Hall–Kier alpha value is -2.57. The summed E-state index contributed by atoms with van der Waals surface area (Å²) in [7, 11) is 3.96. The lowest BCUT2D eigenvalue weighted by Gasteiger charge is -2.30. The van der Waals surface area contributed by atoms with E-state index in [-0.39, 0.29) is 24.8 Å². The smallest absolute Gasteiger partial charge is 0.265 e. The van der Waals surface area contributed by atoms with Crippen LogP contribution in [-0.4, -0.2) is 62.0 Å². The molecular formula is C22H26ClN3O3. The third kappa shape index (κ3) is 5.71. The highest BCUT2D eigenvalue weighted by atomic mass is 35.5. The second kappa shape index (κ2) is 9.76. The fourth-order valence-corrected chi connectivity index (χ4v) is 3.31. The van der Waals surface area contributed by atoms with Gasteiger partial charge in [-0.15, -0.1) is 0 Å². The van der Waals surface area contributed by atoms with E-state index in [2.05, 4.69) is 0 Å². The van der Waals surface area contributed by atoms with E-state index in [9.17, 15) is 9.59 Å². The number of nitrogens with zero attached hydrogens (tertiary/aromatic N) is 3. The van der Waals surface area contributed by atoms with Gasteiger partial charge >= 0.3 is 0 Å². The van der Waals surface area contributed by atoms with Crippen molar-refractivity contribution in [2.45, 2.75) is 13.0 Å². The predicted molar refractivity (Wildman–Crippen MR) is 114 cm³/mol. The molecule has 0 fully saturated rings. The summed E-state index contributed by atoms with van der Waals surface area (Å²) in [4.78, 5) is 30.9. The number of hydrogen-bond donors (Lipinski definition) is 0. The van der Waals surface area contributed by atoms with E-state index in [4.69, 9.17) is 16.3 Å². The van der Waals surface area contributed by atoms with E-state index >= 15 is 0 Å². The first-order valence-electron chi connectivity index (χ1n) is 9.63. The molecule has 7 heteroatoms. The van der Waals surface area contributed by atoms with Gasteiger partial charge in [0.05, 0.1) is 5.69 Å². The number of amides is 2. The number of ether oxygens (including phenoxy) is 1. The first-order valence-corrected chi connectivity index (χ1v) is 10.0. The lowest BCUT2D eigenvalue weighted by molar-refractivity contribution is -0.131. The molecule has 3 rings (SSSR count). The van der Waals surface area contributed by atoms with Crippen molar-refractivity contribution in [3.05, 3.63) is 59.1 Å². The second-order valence-electron chi connectivity index (χ2n) is 7.30. The predicted octanol–water partition coefficient (Wildman–Crippen LogP) is 3.05. The quantitative estimate of drug-likeness (QED) is 0.665. The Morgan fingerprint density at radius 1 is 1.10 bits per heavy atom. The van der Waals surface area contributed by atoms with Gasteiger partial charge in [0.1, 0.15) is 5.75 Å². The Morgan fingerprint density at radius 2 is 1.83 bits per heavy atom. The molecule has 154 valence electrons. The molecular weight excluding hydrogens is 390 g/mol. The zero-order valence-electron chi connectivity index (χ0n) is 16.8. The summed E-state index contributed by atoms with van der Waals surface area (Å²) in [6.45, 7) is 2.22. The Balaban J connectivity index is 1.67. The summed E-state index contributed by atoms with van der Waals surface area (Å²) < 4.78 is 5.47. The minimum atomic E-state index is -0.131. The van der Waals surface area contributed by atoms with Crippen LogP contribution in [0.15, 0.2) is 48.5 Å². The summed E-state index contributed by atoms with van der Waals surface area (Å²) in [5.74, 6) is 0.554. The van der Waals surface area contributed by atoms with E-state index in [1.165, 1.54) is 0 Å². The van der Waals surface area contributed by atoms with Crippen LogP contribution >= 0.6 is 11.6 Å². The topological polar surface area (TPSA) is 53.1 Å². The van der Waals surface area contributed by atoms with Crippen molar-refractivity contribution in [3.8, 4) is 5.75 Å². The molecule has 6 nitrogen and oxygen atoms in total. The van der Waals surface area contributed by atoms with Crippen LogP contribution in [0.3, 0.4) is 0 Å². The molecule has 1 aliphatic heterocycles. The van der Waals surface area contributed by atoms with Crippen LogP contribution in [0.5, 0.6) is 5.75 Å². The number of anilines is 1. The van der Waals surface area contributed by atoms with Gasteiger partial charge in [0, 0.05) is 37.6 Å². The molecule has 2 aromatic rings. The lowest BCUT2D eigenvalue weighted by Crippen LogP contribution is -2.42. The monoisotopic (exact) mass is 415 g/mol. The van der Waals surface area contributed by atoms with E-state index in [0.29, 0.717) is 36.1 Å².